The Morgan fingerprint density at radius 2 is 1.95 bits per heavy atom. The van der Waals surface area contributed by atoms with Gasteiger partial charge in [0.1, 0.15) is 17.6 Å². The van der Waals surface area contributed by atoms with E-state index in [0.717, 1.165) is 0 Å². The van der Waals surface area contributed by atoms with Gasteiger partial charge in [0.2, 0.25) is 5.43 Å². The molecule has 0 bridgehead atoms. The molecular formula is C17H11NO3. The van der Waals surface area contributed by atoms with Gasteiger partial charge < -0.3 is 9.15 Å². The molecular weight excluding hydrogens is 266 g/mol. The molecule has 4 heteroatoms. The first-order chi connectivity index (χ1) is 10.2. The number of nitriles is 1. The van der Waals surface area contributed by atoms with Crippen LogP contribution in [0.3, 0.4) is 0 Å². The largest absolute Gasteiger partial charge is 0.497 e. The van der Waals surface area contributed by atoms with Crippen LogP contribution in [0.15, 0.2) is 57.9 Å². The third kappa shape index (κ3) is 2.15. The van der Waals surface area contributed by atoms with Gasteiger partial charge in [0.15, 0.2) is 0 Å². The van der Waals surface area contributed by atoms with Gasteiger partial charge in [-0.2, -0.15) is 5.26 Å². The second-order valence-electron chi connectivity index (χ2n) is 4.50. The Bertz CT molecular complexity index is 919. The molecule has 4 nitrogen and oxygen atoms in total. The molecule has 1 heterocycles. The zero-order valence-electron chi connectivity index (χ0n) is 11.3. The van der Waals surface area contributed by atoms with E-state index in [2.05, 4.69) is 6.07 Å². The fraction of sp³-hybridized carbons (Fsp3) is 0.0588. The molecule has 0 amide bonds. The fourth-order valence-corrected chi connectivity index (χ4v) is 2.24. The number of nitrogens with zero attached hydrogens (tertiary/aromatic N) is 1. The van der Waals surface area contributed by atoms with Gasteiger partial charge in [-0.05, 0) is 18.2 Å². The Kier molecular flexibility index (Phi) is 3.17. The number of hydrogen-bond donors (Lipinski definition) is 0. The van der Waals surface area contributed by atoms with Gasteiger partial charge in [-0.25, -0.2) is 0 Å². The molecule has 0 aliphatic carbocycles. The van der Waals surface area contributed by atoms with Crippen LogP contribution in [0.1, 0.15) is 5.56 Å². The van der Waals surface area contributed by atoms with Crippen molar-refractivity contribution in [2.45, 2.75) is 0 Å². The minimum absolute atomic E-state index is 0.165. The van der Waals surface area contributed by atoms with Crippen molar-refractivity contribution in [3.63, 3.8) is 0 Å². The van der Waals surface area contributed by atoms with E-state index in [0.29, 0.717) is 33.4 Å². The van der Waals surface area contributed by atoms with Crippen molar-refractivity contribution in [2.24, 2.45) is 0 Å². The molecule has 3 aromatic rings. The van der Waals surface area contributed by atoms with Crippen LogP contribution in [0.5, 0.6) is 5.75 Å². The first-order valence-corrected chi connectivity index (χ1v) is 6.33. The Morgan fingerprint density at radius 1 is 1.14 bits per heavy atom. The van der Waals surface area contributed by atoms with Crippen molar-refractivity contribution in [1.29, 1.82) is 5.26 Å². The fourth-order valence-electron chi connectivity index (χ4n) is 2.24. The van der Waals surface area contributed by atoms with Crippen LogP contribution in [0, 0.1) is 11.3 Å². The van der Waals surface area contributed by atoms with E-state index in [9.17, 15) is 4.79 Å². The highest BCUT2D eigenvalue weighted by atomic mass is 16.5. The summed E-state index contributed by atoms with van der Waals surface area (Å²) in [7, 11) is 1.55. The topological polar surface area (TPSA) is 63.2 Å². The van der Waals surface area contributed by atoms with E-state index >= 15 is 0 Å². The van der Waals surface area contributed by atoms with Crippen molar-refractivity contribution in [3.05, 3.63) is 64.5 Å². The Morgan fingerprint density at radius 3 is 2.71 bits per heavy atom. The average molecular weight is 277 g/mol. The lowest BCUT2D eigenvalue weighted by Crippen LogP contribution is -2.05. The molecule has 0 saturated carbocycles. The predicted molar refractivity (Wildman–Crippen MR) is 79.2 cm³/mol. The van der Waals surface area contributed by atoms with Gasteiger partial charge in [-0.1, -0.05) is 18.2 Å². The highest BCUT2D eigenvalue weighted by molar-refractivity contribution is 5.83. The summed E-state index contributed by atoms with van der Waals surface area (Å²) >= 11 is 0. The van der Waals surface area contributed by atoms with Crippen LogP contribution in [0.4, 0.5) is 0 Å². The molecule has 0 N–H and O–H groups in total. The first-order valence-electron chi connectivity index (χ1n) is 6.33. The molecule has 0 spiro atoms. The molecule has 0 aliphatic rings. The van der Waals surface area contributed by atoms with Crippen LogP contribution in [0.25, 0.3) is 22.1 Å². The average Bonchev–Trinajstić information content (AvgIpc) is 2.55. The van der Waals surface area contributed by atoms with Crippen molar-refractivity contribution in [1.82, 2.24) is 0 Å². The SMILES string of the molecule is COc1ccc2c(=O)c(-c3ccccc3C#N)coc2c1. The molecule has 0 aliphatic heterocycles. The monoisotopic (exact) mass is 277 g/mol. The summed E-state index contributed by atoms with van der Waals surface area (Å²) in [6, 6.07) is 14.1. The van der Waals surface area contributed by atoms with Gasteiger partial charge in [0.05, 0.1) is 29.7 Å². The highest BCUT2D eigenvalue weighted by Crippen LogP contribution is 2.24. The molecule has 0 saturated heterocycles. The van der Waals surface area contributed by atoms with Crippen LogP contribution in [-0.4, -0.2) is 7.11 Å². The van der Waals surface area contributed by atoms with Gasteiger partial charge >= 0.3 is 0 Å². The van der Waals surface area contributed by atoms with E-state index in [4.69, 9.17) is 14.4 Å². The maximum absolute atomic E-state index is 12.6. The van der Waals surface area contributed by atoms with Gasteiger partial charge in [0.25, 0.3) is 0 Å². The molecule has 0 atom stereocenters. The number of rotatable bonds is 2. The molecule has 0 unspecified atom stereocenters. The number of benzene rings is 2. The number of ether oxygens (including phenoxy) is 1. The van der Waals surface area contributed by atoms with Gasteiger partial charge in [-0.3, -0.25) is 4.79 Å². The van der Waals surface area contributed by atoms with E-state index in [-0.39, 0.29) is 5.43 Å². The van der Waals surface area contributed by atoms with Crippen molar-refractivity contribution < 1.29 is 9.15 Å². The van der Waals surface area contributed by atoms with Gasteiger partial charge in [0, 0.05) is 11.6 Å². The third-order valence-electron chi connectivity index (χ3n) is 3.32. The summed E-state index contributed by atoms with van der Waals surface area (Å²) in [5.41, 5.74) is 1.69. The van der Waals surface area contributed by atoms with Crippen LogP contribution in [-0.2, 0) is 0 Å². The van der Waals surface area contributed by atoms with Gasteiger partial charge in [-0.15, -0.1) is 0 Å². The smallest absolute Gasteiger partial charge is 0.200 e. The van der Waals surface area contributed by atoms with Crippen molar-refractivity contribution >= 4 is 11.0 Å². The van der Waals surface area contributed by atoms with Crippen LogP contribution in [0.2, 0.25) is 0 Å². The zero-order chi connectivity index (χ0) is 14.8. The maximum Gasteiger partial charge on any atom is 0.200 e. The minimum atomic E-state index is -0.165. The maximum atomic E-state index is 12.6. The summed E-state index contributed by atoms with van der Waals surface area (Å²) in [6.45, 7) is 0. The second-order valence-corrected chi connectivity index (χ2v) is 4.50. The Labute approximate surface area is 120 Å². The Hall–Kier alpha value is -3.06. The van der Waals surface area contributed by atoms with Crippen molar-refractivity contribution in [2.75, 3.05) is 7.11 Å². The van der Waals surface area contributed by atoms with Crippen LogP contribution >= 0.6 is 0 Å². The predicted octanol–water partition coefficient (Wildman–Crippen LogP) is 3.34. The van der Waals surface area contributed by atoms with E-state index in [1.807, 2.05) is 0 Å². The Balaban J connectivity index is 2.29. The van der Waals surface area contributed by atoms with E-state index < -0.39 is 0 Å². The zero-order valence-corrected chi connectivity index (χ0v) is 11.3. The summed E-state index contributed by atoms with van der Waals surface area (Å²) in [5.74, 6) is 0.621. The number of fused-ring (bicyclic) bond motifs is 1. The molecule has 21 heavy (non-hydrogen) atoms. The van der Waals surface area contributed by atoms with E-state index in [1.54, 1.807) is 49.6 Å². The summed E-state index contributed by atoms with van der Waals surface area (Å²) < 4.78 is 10.6. The van der Waals surface area contributed by atoms with Crippen molar-refractivity contribution in [3.8, 4) is 22.9 Å². The highest BCUT2D eigenvalue weighted by Gasteiger charge is 2.12. The molecule has 1 aromatic heterocycles. The standard InChI is InChI=1S/C17H11NO3/c1-20-12-6-7-14-16(8-12)21-10-15(17(14)19)13-5-3-2-4-11(13)9-18/h2-8,10H,1H3. The molecule has 102 valence electrons. The second kappa shape index (κ2) is 5.14. The van der Waals surface area contributed by atoms with Crippen LogP contribution < -0.4 is 10.2 Å². The molecule has 0 radical (unpaired) electrons. The number of methoxy groups -OCH3 is 1. The lowest BCUT2D eigenvalue weighted by atomic mass is 10.0. The first kappa shape index (κ1) is 12.9. The minimum Gasteiger partial charge on any atom is -0.497 e. The quantitative estimate of drug-likeness (QED) is 0.720. The number of hydrogen-bond acceptors (Lipinski definition) is 4. The summed E-state index contributed by atoms with van der Waals surface area (Å²) in [5, 5.41) is 9.61. The summed E-state index contributed by atoms with van der Waals surface area (Å²) in [6.07, 6.45) is 1.39. The lowest BCUT2D eigenvalue weighted by molar-refractivity contribution is 0.414. The van der Waals surface area contributed by atoms with E-state index in [1.165, 1.54) is 6.26 Å². The lowest BCUT2D eigenvalue weighted by Gasteiger charge is -2.05. The summed E-state index contributed by atoms with van der Waals surface area (Å²) in [4.78, 5) is 12.6. The molecule has 0 fully saturated rings. The third-order valence-corrected chi connectivity index (χ3v) is 3.32. The molecule has 3 rings (SSSR count). The normalized spacial score (nSPS) is 10.3. The molecule has 2 aromatic carbocycles.